The van der Waals surface area contributed by atoms with Gasteiger partial charge in [-0.25, -0.2) is 0 Å². The molecule has 2 heteroatoms. The van der Waals surface area contributed by atoms with E-state index in [4.69, 9.17) is 4.74 Å². The van der Waals surface area contributed by atoms with Crippen LogP contribution in [0.5, 0.6) is 0 Å². The zero-order chi connectivity index (χ0) is 12.1. The summed E-state index contributed by atoms with van der Waals surface area (Å²) in [4.78, 5) is 0. The van der Waals surface area contributed by atoms with Crippen LogP contribution < -0.4 is 5.32 Å². The molecule has 2 fully saturated rings. The second-order valence-corrected chi connectivity index (χ2v) is 5.93. The molecule has 2 nitrogen and oxygen atoms in total. The minimum atomic E-state index is 0.506. The quantitative estimate of drug-likeness (QED) is 0.810. The fourth-order valence-corrected chi connectivity index (χ4v) is 3.46. The minimum absolute atomic E-state index is 0.506. The second kappa shape index (κ2) is 6.75. The van der Waals surface area contributed by atoms with Crippen LogP contribution in [-0.4, -0.2) is 24.8 Å². The molecule has 17 heavy (non-hydrogen) atoms. The van der Waals surface area contributed by atoms with Crippen molar-refractivity contribution in [2.45, 2.75) is 83.4 Å². The van der Waals surface area contributed by atoms with Crippen LogP contribution in [0.15, 0.2) is 0 Å². The van der Waals surface area contributed by atoms with Gasteiger partial charge in [-0.15, -0.1) is 0 Å². The minimum Gasteiger partial charge on any atom is -0.378 e. The highest BCUT2D eigenvalue weighted by Gasteiger charge is 2.26. The van der Waals surface area contributed by atoms with Crippen molar-refractivity contribution in [2.24, 2.45) is 5.92 Å². The van der Waals surface area contributed by atoms with E-state index in [0.29, 0.717) is 12.1 Å². The molecular formula is C15H29NO. The second-order valence-electron chi connectivity index (χ2n) is 5.93. The van der Waals surface area contributed by atoms with E-state index in [1.807, 2.05) is 0 Å². The van der Waals surface area contributed by atoms with Gasteiger partial charge in [-0.2, -0.15) is 0 Å². The molecule has 2 rings (SSSR count). The summed E-state index contributed by atoms with van der Waals surface area (Å²) in [7, 11) is 0. The molecule has 0 aromatic carbocycles. The van der Waals surface area contributed by atoms with Crippen LogP contribution in [0.1, 0.15) is 65.2 Å². The highest BCUT2D eigenvalue weighted by molar-refractivity contribution is 4.83. The first kappa shape index (κ1) is 13.4. The fourth-order valence-electron chi connectivity index (χ4n) is 3.46. The predicted octanol–water partition coefficient (Wildman–Crippen LogP) is 3.50. The van der Waals surface area contributed by atoms with E-state index in [9.17, 15) is 0 Å². The Labute approximate surface area is 107 Å². The highest BCUT2D eigenvalue weighted by Crippen LogP contribution is 2.28. The summed E-state index contributed by atoms with van der Waals surface area (Å²) in [5.41, 5.74) is 0. The summed E-state index contributed by atoms with van der Waals surface area (Å²) in [6.45, 7) is 5.54. The Morgan fingerprint density at radius 1 is 1.00 bits per heavy atom. The first-order chi connectivity index (χ1) is 8.31. The Balaban J connectivity index is 1.75. The van der Waals surface area contributed by atoms with E-state index in [2.05, 4.69) is 19.2 Å². The van der Waals surface area contributed by atoms with E-state index in [-0.39, 0.29) is 0 Å². The summed E-state index contributed by atoms with van der Waals surface area (Å²) in [6.07, 6.45) is 11.2. The predicted molar refractivity (Wildman–Crippen MR) is 72.2 cm³/mol. The van der Waals surface area contributed by atoms with Crippen molar-refractivity contribution >= 4 is 0 Å². The van der Waals surface area contributed by atoms with Gasteiger partial charge in [0, 0.05) is 18.7 Å². The Morgan fingerprint density at radius 2 is 1.82 bits per heavy atom. The van der Waals surface area contributed by atoms with Gasteiger partial charge in [0.05, 0.1) is 6.10 Å². The molecule has 1 aliphatic heterocycles. The van der Waals surface area contributed by atoms with Crippen LogP contribution in [0.4, 0.5) is 0 Å². The SMILES string of the molecule is CCC1CCCC(NC2CCOC(CC)C2)C1. The van der Waals surface area contributed by atoms with E-state index in [1.54, 1.807) is 0 Å². The Bertz CT molecular complexity index is 197. The fraction of sp³-hybridized carbons (Fsp3) is 1.00. The van der Waals surface area contributed by atoms with Gasteiger partial charge in [0.2, 0.25) is 0 Å². The Morgan fingerprint density at radius 3 is 2.59 bits per heavy atom. The molecule has 1 N–H and O–H groups in total. The Kier molecular flexibility index (Phi) is 5.30. The summed E-state index contributed by atoms with van der Waals surface area (Å²) < 4.78 is 5.75. The standard InChI is InChI=1S/C15H29NO/c1-3-12-6-5-7-13(10-12)16-14-8-9-17-15(4-2)11-14/h12-16H,3-11H2,1-2H3. The van der Waals surface area contributed by atoms with Gasteiger partial charge in [0.15, 0.2) is 0 Å². The zero-order valence-electron chi connectivity index (χ0n) is 11.6. The van der Waals surface area contributed by atoms with Crippen molar-refractivity contribution in [1.82, 2.24) is 5.32 Å². The monoisotopic (exact) mass is 239 g/mol. The maximum absolute atomic E-state index is 5.75. The molecular weight excluding hydrogens is 210 g/mol. The molecule has 1 saturated carbocycles. The molecule has 0 radical (unpaired) electrons. The third-order valence-electron chi connectivity index (χ3n) is 4.65. The molecule has 1 heterocycles. The Hall–Kier alpha value is -0.0800. The van der Waals surface area contributed by atoms with Crippen molar-refractivity contribution in [2.75, 3.05) is 6.61 Å². The number of nitrogens with one attached hydrogen (secondary N) is 1. The van der Waals surface area contributed by atoms with Gasteiger partial charge >= 0.3 is 0 Å². The zero-order valence-corrected chi connectivity index (χ0v) is 11.6. The van der Waals surface area contributed by atoms with Crippen LogP contribution >= 0.6 is 0 Å². The number of rotatable bonds is 4. The van der Waals surface area contributed by atoms with Crippen LogP contribution in [0, 0.1) is 5.92 Å². The lowest BCUT2D eigenvalue weighted by molar-refractivity contribution is -0.00327. The van der Waals surface area contributed by atoms with Gasteiger partial charge in [0.25, 0.3) is 0 Å². The third-order valence-corrected chi connectivity index (χ3v) is 4.65. The van der Waals surface area contributed by atoms with Gasteiger partial charge < -0.3 is 10.1 Å². The molecule has 1 aliphatic carbocycles. The smallest absolute Gasteiger partial charge is 0.0587 e. The maximum Gasteiger partial charge on any atom is 0.0587 e. The topological polar surface area (TPSA) is 21.3 Å². The summed E-state index contributed by atoms with van der Waals surface area (Å²) in [5.74, 6) is 0.975. The van der Waals surface area contributed by atoms with Crippen LogP contribution in [0.25, 0.3) is 0 Å². The van der Waals surface area contributed by atoms with Gasteiger partial charge in [-0.3, -0.25) is 0 Å². The molecule has 4 unspecified atom stereocenters. The van der Waals surface area contributed by atoms with Gasteiger partial charge in [-0.05, 0) is 38.0 Å². The molecule has 1 saturated heterocycles. The van der Waals surface area contributed by atoms with Crippen molar-refractivity contribution in [3.05, 3.63) is 0 Å². The van der Waals surface area contributed by atoms with E-state index in [1.165, 1.54) is 51.4 Å². The van der Waals surface area contributed by atoms with E-state index in [0.717, 1.165) is 18.6 Å². The summed E-state index contributed by atoms with van der Waals surface area (Å²) in [5, 5.41) is 3.91. The molecule has 0 aromatic rings. The molecule has 0 spiro atoms. The van der Waals surface area contributed by atoms with Crippen molar-refractivity contribution in [3.63, 3.8) is 0 Å². The molecule has 0 bridgehead atoms. The van der Waals surface area contributed by atoms with Crippen LogP contribution in [0.2, 0.25) is 0 Å². The van der Waals surface area contributed by atoms with Crippen molar-refractivity contribution < 1.29 is 4.74 Å². The number of hydrogen-bond acceptors (Lipinski definition) is 2. The largest absolute Gasteiger partial charge is 0.378 e. The first-order valence-electron chi connectivity index (χ1n) is 7.69. The average molecular weight is 239 g/mol. The number of ether oxygens (including phenoxy) is 1. The van der Waals surface area contributed by atoms with E-state index < -0.39 is 0 Å². The normalized spacial score (nSPS) is 39.2. The number of hydrogen-bond donors (Lipinski definition) is 1. The lowest BCUT2D eigenvalue weighted by Gasteiger charge is -2.36. The van der Waals surface area contributed by atoms with Crippen LogP contribution in [-0.2, 0) is 4.74 Å². The van der Waals surface area contributed by atoms with Gasteiger partial charge in [-0.1, -0.05) is 33.1 Å². The molecule has 100 valence electrons. The summed E-state index contributed by atoms with van der Waals surface area (Å²) >= 11 is 0. The van der Waals surface area contributed by atoms with E-state index >= 15 is 0 Å². The highest BCUT2D eigenvalue weighted by atomic mass is 16.5. The summed E-state index contributed by atoms with van der Waals surface area (Å²) in [6, 6.07) is 1.50. The average Bonchev–Trinajstić information content (AvgIpc) is 2.39. The van der Waals surface area contributed by atoms with Gasteiger partial charge in [0.1, 0.15) is 0 Å². The lowest BCUT2D eigenvalue weighted by Crippen LogP contribution is -2.45. The van der Waals surface area contributed by atoms with Crippen molar-refractivity contribution in [1.29, 1.82) is 0 Å². The third kappa shape index (κ3) is 3.96. The van der Waals surface area contributed by atoms with Crippen LogP contribution in [0.3, 0.4) is 0 Å². The molecule has 4 atom stereocenters. The van der Waals surface area contributed by atoms with Crippen molar-refractivity contribution in [3.8, 4) is 0 Å². The maximum atomic E-state index is 5.75. The first-order valence-corrected chi connectivity index (χ1v) is 7.69. The molecule has 2 aliphatic rings. The molecule has 0 amide bonds. The molecule has 0 aromatic heterocycles. The lowest BCUT2D eigenvalue weighted by atomic mass is 9.83.